The highest BCUT2D eigenvalue weighted by Crippen LogP contribution is 2.18. The quantitative estimate of drug-likeness (QED) is 0.836. The summed E-state index contributed by atoms with van der Waals surface area (Å²) in [5, 5.41) is 4.34. The number of nitrogens with zero attached hydrogens (tertiary/aromatic N) is 4. The highest BCUT2D eigenvalue weighted by Gasteiger charge is 2.22. The summed E-state index contributed by atoms with van der Waals surface area (Å²) in [6.45, 7) is 3.37. The van der Waals surface area contributed by atoms with Gasteiger partial charge in [-0.1, -0.05) is 6.42 Å². The highest BCUT2D eigenvalue weighted by atomic mass is 15.3. The molecular formula is C16H22N4. The number of pyridine rings is 1. The van der Waals surface area contributed by atoms with Gasteiger partial charge in [-0.3, -0.25) is 14.6 Å². The molecule has 1 atom stereocenters. The first-order valence-electron chi connectivity index (χ1n) is 7.52. The molecule has 4 heteroatoms. The third-order valence-electron chi connectivity index (χ3n) is 4.14. The predicted octanol–water partition coefficient (Wildman–Crippen LogP) is 2.38. The number of likely N-dealkylation sites (tertiary alicyclic amines) is 1. The van der Waals surface area contributed by atoms with Gasteiger partial charge in [-0.05, 0) is 49.6 Å². The molecule has 20 heavy (non-hydrogen) atoms. The van der Waals surface area contributed by atoms with E-state index in [2.05, 4.69) is 38.0 Å². The molecule has 0 N–H and O–H groups in total. The Balaban J connectivity index is 1.57. The van der Waals surface area contributed by atoms with E-state index in [0.29, 0.717) is 6.04 Å². The minimum Gasteiger partial charge on any atom is -0.298 e. The Hall–Kier alpha value is -1.68. The van der Waals surface area contributed by atoms with Crippen molar-refractivity contribution in [2.75, 3.05) is 13.1 Å². The minimum absolute atomic E-state index is 0.630. The fraction of sp³-hybridized carbons (Fsp3) is 0.500. The van der Waals surface area contributed by atoms with Crippen LogP contribution in [0.1, 0.15) is 24.8 Å². The van der Waals surface area contributed by atoms with Crippen LogP contribution < -0.4 is 0 Å². The third-order valence-corrected chi connectivity index (χ3v) is 4.14. The van der Waals surface area contributed by atoms with E-state index in [-0.39, 0.29) is 0 Å². The first kappa shape index (κ1) is 13.3. The summed E-state index contributed by atoms with van der Waals surface area (Å²) < 4.78 is 2.06. The van der Waals surface area contributed by atoms with Crippen molar-refractivity contribution >= 4 is 0 Å². The summed E-state index contributed by atoms with van der Waals surface area (Å²) >= 11 is 0. The molecule has 0 amide bonds. The Labute approximate surface area is 120 Å². The van der Waals surface area contributed by atoms with Gasteiger partial charge in [-0.25, -0.2) is 0 Å². The maximum Gasteiger partial charge on any atom is 0.0564 e. The van der Waals surface area contributed by atoms with Gasteiger partial charge in [0, 0.05) is 37.4 Å². The van der Waals surface area contributed by atoms with Crippen LogP contribution in [-0.2, 0) is 13.0 Å². The van der Waals surface area contributed by atoms with Crippen molar-refractivity contribution in [3.63, 3.8) is 0 Å². The number of rotatable bonds is 5. The second-order valence-electron chi connectivity index (χ2n) is 5.52. The van der Waals surface area contributed by atoms with Crippen LogP contribution in [0.3, 0.4) is 0 Å². The lowest BCUT2D eigenvalue weighted by Crippen LogP contribution is -2.43. The molecule has 3 rings (SSSR count). The van der Waals surface area contributed by atoms with Gasteiger partial charge in [-0.2, -0.15) is 5.10 Å². The molecule has 0 aromatic carbocycles. The smallest absolute Gasteiger partial charge is 0.0564 e. The molecule has 0 aliphatic carbocycles. The van der Waals surface area contributed by atoms with E-state index >= 15 is 0 Å². The second-order valence-corrected chi connectivity index (χ2v) is 5.52. The van der Waals surface area contributed by atoms with Gasteiger partial charge >= 0.3 is 0 Å². The summed E-state index contributed by atoms with van der Waals surface area (Å²) in [5.74, 6) is 0. The van der Waals surface area contributed by atoms with Crippen molar-refractivity contribution in [1.29, 1.82) is 0 Å². The zero-order valence-electron chi connectivity index (χ0n) is 11.9. The van der Waals surface area contributed by atoms with E-state index in [0.717, 1.165) is 19.5 Å². The van der Waals surface area contributed by atoms with Crippen LogP contribution in [0.2, 0.25) is 0 Å². The maximum atomic E-state index is 4.34. The Bertz CT molecular complexity index is 494. The standard InChI is InChI=1S/C16H22N4/c1-2-11-19(13-7-15-5-9-17-10-6-15)16(4-1)14-20-12-3-8-18-20/h3,5-6,8-10,12,16H,1-2,4,7,11,13-14H2. The van der Waals surface area contributed by atoms with Gasteiger partial charge in [0.15, 0.2) is 0 Å². The van der Waals surface area contributed by atoms with E-state index < -0.39 is 0 Å². The van der Waals surface area contributed by atoms with Gasteiger partial charge < -0.3 is 0 Å². The van der Waals surface area contributed by atoms with Crippen molar-refractivity contribution < 1.29 is 0 Å². The molecule has 1 aliphatic rings. The normalized spacial score (nSPS) is 20.1. The molecule has 0 radical (unpaired) electrons. The molecule has 0 saturated carbocycles. The number of hydrogen-bond donors (Lipinski definition) is 0. The summed E-state index contributed by atoms with van der Waals surface area (Å²) in [7, 11) is 0. The van der Waals surface area contributed by atoms with Crippen molar-refractivity contribution in [3.05, 3.63) is 48.5 Å². The molecule has 3 heterocycles. The topological polar surface area (TPSA) is 34.0 Å². The lowest BCUT2D eigenvalue weighted by atomic mass is 10.0. The number of piperidine rings is 1. The Kier molecular flexibility index (Phi) is 4.43. The average molecular weight is 270 g/mol. The zero-order chi connectivity index (χ0) is 13.6. The van der Waals surface area contributed by atoms with Crippen molar-refractivity contribution in [2.24, 2.45) is 0 Å². The Morgan fingerprint density at radius 1 is 1.15 bits per heavy atom. The average Bonchev–Trinajstić information content (AvgIpc) is 3.00. The predicted molar refractivity (Wildman–Crippen MR) is 79.4 cm³/mol. The summed E-state index contributed by atoms with van der Waals surface area (Å²) in [4.78, 5) is 6.71. The van der Waals surface area contributed by atoms with Gasteiger partial charge in [-0.15, -0.1) is 0 Å². The maximum absolute atomic E-state index is 4.34. The highest BCUT2D eigenvalue weighted by molar-refractivity contribution is 5.10. The molecule has 2 aromatic rings. The van der Waals surface area contributed by atoms with E-state index in [4.69, 9.17) is 0 Å². The molecule has 1 aliphatic heterocycles. The van der Waals surface area contributed by atoms with E-state index in [1.165, 1.54) is 31.4 Å². The molecule has 0 bridgehead atoms. The largest absolute Gasteiger partial charge is 0.298 e. The molecule has 1 saturated heterocycles. The fourth-order valence-corrected chi connectivity index (χ4v) is 3.01. The number of aromatic nitrogens is 3. The van der Waals surface area contributed by atoms with Crippen molar-refractivity contribution in [1.82, 2.24) is 19.7 Å². The molecule has 1 unspecified atom stereocenters. The Morgan fingerprint density at radius 3 is 2.85 bits per heavy atom. The zero-order valence-corrected chi connectivity index (χ0v) is 11.9. The molecule has 0 spiro atoms. The van der Waals surface area contributed by atoms with Crippen LogP contribution in [0.15, 0.2) is 43.0 Å². The number of hydrogen-bond acceptors (Lipinski definition) is 3. The fourth-order valence-electron chi connectivity index (χ4n) is 3.01. The van der Waals surface area contributed by atoms with Crippen LogP contribution in [0.4, 0.5) is 0 Å². The van der Waals surface area contributed by atoms with E-state index in [1.54, 1.807) is 0 Å². The minimum atomic E-state index is 0.630. The van der Waals surface area contributed by atoms with E-state index in [1.807, 2.05) is 24.7 Å². The summed E-state index contributed by atoms with van der Waals surface area (Å²) in [5.41, 5.74) is 1.38. The van der Waals surface area contributed by atoms with Crippen LogP contribution >= 0.6 is 0 Å². The SMILES string of the molecule is c1cnn(CC2CCCCN2CCc2ccncc2)c1. The van der Waals surface area contributed by atoms with Crippen LogP contribution in [0.5, 0.6) is 0 Å². The summed E-state index contributed by atoms with van der Waals surface area (Å²) in [6, 6.07) is 6.87. The van der Waals surface area contributed by atoms with Gasteiger partial charge in [0.05, 0.1) is 6.54 Å². The monoisotopic (exact) mass is 270 g/mol. The third kappa shape index (κ3) is 3.45. The molecular weight excluding hydrogens is 248 g/mol. The Morgan fingerprint density at radius 2 is 2.05 bits per heavy atom. The summed E-state index contributed by atoms with van der Waals surface area (Å²) in [6.07, 6.45) is 12.8. The van der Waals surface area contributed by atoms with Gasteiger partial charge in [0.2, 0.25) is 0 Å². The molecule has 106 valence electrons. The second kappa shape index (κ2) is 6.66. The van der Waals surface area contributed by atoms with E-state index in [9.17, 15) is 0 Å². The molecule has 2 aromatic heterocycles. The molecule has 4 nitrogen and oxygen atoms in total. The molecule has 1 fully saturated rings. The van der Waals surface area contributed by atoms with Gasteiger partial charge in [0.1, 0.15) is 0 Å². The van der Waals surface area contributed by atoms with Gasteiger partial charge in [0.25, 0.3) is 0 Å². The van der Waals surface area contributed by atoms with Crippen LogP contribution in [0, 0.1) is 0 Å². The van der Waals surface area contributed by atoms with Crippen LogP contribution in [-0.4, -0.2) is 38.8 Å². The first-order chi connectivity index (χ1) is 9.92. The van der Waals surface area contributed by atoms with Crippen LogP contribution in [0.25, 0.3) is 0 Å². The first-order valence-corrected chi connectivity index (χ1v) is 7.52. The lowest BCUT2D eigenvalue weighted by molar-refractivity contribution is 0.131. The van der Waals surface area contributed by atoms with Crippen molar-refractivity contribution in [3.8, 4) is 0 Å². The lowest BCUT2D eigenvalue weighted by Gasteiger charge is -2.35. The van der Waals surface area contributed by atoms with Crippen molar-refractivity contribution in [2.45, 2.75) is 38.3 Å².